The highest BCUT2D eigenvalue weighted by atomic mass is 32.1. The molecule has 0 fully saturated rings. The van der Waals surface area contributed by atoms with E-state index in [1.54, 1.807) is 18.2 Å². The van der Waals surface area contributed by atoms with E-state index in [-0.39, 0.29) is 10.9 Å². The number of halogens is 1. The lowest BCUT2D eigenvalue weighted by Crippen LogP contribution is -2.43. The second-order valence-electron chi connectivity index (χ2n) is 5.61. The molecule has 0 unspecified atom stereocenters. The molecule has 2 aromatic carbocycles. The van der Waals surface area contributed by atoms with Crippen molar-refractivity contribution in [3.05, 3.63) is 53.8 Å². The Bertz CT molecular complexity index is 784. The van der Waals surface area contributed by atoms with Crippen LogP contribution >= 0.6 is 12.2 Å². The molecule has 0 spiro atoms. The molecule has 6 nitrogen and oxygen atoms in total. The highest BCUT2D eigenvalue weighted by Gasteiger charge is 2.11. The van der Waals surface area contributed by atoms with Gasteiger partial charge in [-0.2, -0.15) is 0 Å². The van der Waals surface area contributed by atoms with Crippen molar-refractivity contribution in [3.63, 3.8) is 0 Å². The number of anilines is 1. The maximum Gasteiger partial charge on any atom is 0.269 e. The maximum atomic E-state index is 12.9. The summed E-state index contributed by atoms with van der Waals surface area (Å²) in [4.78, 5) is 12.3. The van der Waals surface area contributed by atoms with Crippen LogP contribution in [0.15, 0.2) is 42.5 Å². The Labute approximate surface area is 163 Å². The predicted octanol–water partition coefficient (Wildman–Crippen LogP) is 3.64. The molecule has 0 saturated carbocycles. The quantitative estimate of drug-likeness (QED) is 0.380. The Morgan fingerprint density at radius 1 is 1.11 bits per heavy atom. The number of nitrogens with one attached hydrogen (secondary N) is 3. The van der Waals surface area contributed by atoms with Gasteiger partial charge in [0, 0.05) is 11.3 Å². The monoisotopic (exact) mass is 391 g/mol. The van der Waals surface area contributed by atoms with Gasteiger partial charge in [0.2, 0.25) is 0 Å². The number of ether oxygens (including phenoxy) is 2. The molecule has 3 N–H and O–H groups in total. The zero-order chi connectivity index (χ0) is 19.6. The standard InChI is InChI=1S/C19H22FN3O3S/c1-3-4-11-26-16-10-5-13(12-17(16)25-2)18(24)22-23-19(27)21-15-8-6-14(20)7-9-15/h5-10,12H,3-4,11H2,1-2H3,(H,22,24)(H2,21,23,27). The van der Waals surface area contributed by atoms with Crippen LogP contribution in [-0.4, -0.2) is 24.7 Å². The van der Waals surface area contributed by atoms with Gasteiger partial charge in [-0.15, -0.1) is 0 Å². The molecule has 0 radical (unpaired) electrons. The minimum absolute atomic E-state index is 0.168. The Hall–Kier alpha value is -2.87. The fourth-order valence-electron chi connectivity index (χ4n) is 2.14. The van der Waals surface area contributed by atoms with Crippen LogP contribution in [-0.2, 0) is 0 Å². The number of hydrogen-bond donors (Lipinski definition) is 3. The van der Waals surface area contributed by atoms with E-state index in [1.165, 1.54) is 31.4 Å². The number of rotatable bonds is 7. The van der Waals surface area contributed by atoms with E-state index in [0.717, 1.165) is 12.8 Å². The van der Waals surface area contributed by atoms with Crippen molar-refractivity contribution >= 4 is 28.9 Å². The van der Waals surface area contributed by atoms with Gasteiger partial charge < -0.3 is 14.8 Å². The fraction of sp³-hybridized carbons (Fsp3) is 0.263. The van der Waals surface area contributed by atoms with Gasteiger partial charge in [-0.1, -0.05) is 13.3 Å². The summed E-state index contributed by atoms with van der Waals surface area (Å²) in [5, 5.41) is 3.00. The van der Waals surface area contributed by atoms with E-state index < -0.39 is 5.91 Å². The van der Waals surface area contributed by atoms with Crippen LogP contribution in [0.3, 0.4) is 0 Å². The van der Waals surface area contributed by atoms with E-state index in [1.807, 2.05) is 0 Å². The summed E-state index contributed by atoms with van der Waals surface area (Å²) < 4.78 is 23.8. The smallest absolute Gasteiger partial charge is 0.269 e. The van der Waals surface area contributed by atoms with E-state index in [9.17, 15) is 9.18 Å². The average molecular weight is 391 g/mol. The molecule has 8 heteroatoms. The second-order valence-corrected chi connectivity index (χ2v) is 6.02. The summed E-state index contributed by atoms with van der Waals surface area (Å²) >= 11 is 5.09. The van der Waals surface area contributed by atoms with Gasteiger partial charge in [-0.05, 0) is 61.1 Å². The normalized spacial score (nSPS) is 10.0. The molecular weight excluding hydrogens is 369 g/mol. The third kappa shape index (κ3) is 6.41. The number of hydrazine groups is 1. The molecule has 0 aliphatic heterocycles. The van der Waals surface area contributed by atoms with Crippen molar-refractivity contribution in [2.75, 3.05) is 19.0 Å². The van der Waals surface area contributed by atoms with Gasteiger partial charge in [-0.3, -0.25) is 15.6 Å². The molecule has 2 rings (SSSR count). The Balaban J connectivity index is 1.90. The van der Waals surface area contributed by atoms with Gasteiger partial charge in [0.1, 0.15) is 5.82 Å². The highest BCUT2D eigenvalue weighted by molar-refractivity contribution is 7.80. The van der Waals surface area contributed by atoms with Crippen LogP contribution in [0.1, 0.15) is 30.1 Å². The number of thiocarbonyl (C=S) groups is 1. The number of benzene rings is 2. The van der Waals surface area contributed by atoms with E-state index >= 15 is 0 Å². The largest absolute Gasteiger partial charge is 0.493 e. The first-order valence-electron chi connectivity index (χ1n) is 8.47. The molecule has 27 heavy (non-hydrogen) atoms. The van der Waals surface area contributed by atoms with Crippen molar-refractivity contribution < 1.29 is 18.7 Å². The number of carbonyl (C=O) groups is 1. The first kappa shape index (κ1) is 20.4. The molecule has 0 aliphatic carbocycles. The molecule has 0 saturated heterocycles. The summed E-state index contributed by atoms with van der Waals surface area (Å²) in [6.45, 7) is 2.67. The highest BCUT2D eigenvalue weighted by Crippen LogP contribution is 2.28. The second kappa shape index (κ2) is 10.3. The molecule has 0 bridgehead atoms. The Kier molecular flexibility index (Phi) is 7.81. The first-order valence-corrected chi connectivity index (χ1v) is 8.88. The van der Waals surface area contributed by atoms with Crippen molar-refractivity contribution in [2.45, 2.75) is 19.8 Å². The van der Waals surface area contributed by atoms with Crippen molar-refractivity contribution in [1.82, 2.24) is 10.9 Å². The van der Waals surface area contributed by atoms with Crippen LogP contribution in [0.4, 0.5) is 10.1 Å². The van der Waals surface area contributed by atoms with E-state index in [4.69, 9.17) is 21.7 Å². The Morgan fingerprint density at radius 3 is 2.52 bits per heavy atom. The lowest BCUT2D eigenvalue weighted by atomic mass is 10.2. The lowest BCUT2D eigenvalue weighted by Gasteiger charge is -2.14. The lowest BCUT2D eigenvalue weighted by molar-refractivity contribution is 0.0943. The minimum Gasteiger partial charge on any atom is -0.493 e. The van der Waals surface area contributed by atoms with Crippen molar-refractivity contribution in [3.8, 4) is 11.5 Å². The third-order valence-corrected chi connectivity index (χ3v) is 3.78. The molecule has 1 amide bonds. The van der Waals surface area contributed by atoms with Crippen LogP contribution in [0.25, 0.3) is 0 Å². The van der Waals surface area contributed by atoms with Crippen LogP contribution < -0.4 is 25.6 Å². The number of methoxy groups -OCH3 is 1. The first-order chi connectivity index (χ1) is 13.0. The zero-order valence-electron chi connectivity index (χ0n) is 15.2. The molecule has 0 atom stereocenters. The van der Waals surface area contributed by atoms with Gasteiger partial charge >= 0.3 is 0 Å². The number of carbonyl (C=O) groups excluding carboxylic acids is 1. The average Bonchev–Trinajstić information content (AvgIpc) is 2.68. The molecule has 0 aliphatic rings. The predicted molar refractivity (Wildman–Crippen MR) is 107 cm³/mol. The fourth-order valence-corrected chi connectivity index (χ4v) is 2.30. The van der Waals surface area contributed by atoms with Gasteiger partial charge in [-0.25, -0.2) is 4.39 Å². The zero-order valence-corrected chi connectivity index (χ0v) is 16.0. The molecular formula is C19H22FN3O3S. The minimum atomic E-state index is -0.392. The van der Waals surface area contributed by atoms with Crippen molar-refractivity contribution in [2.24, 2.45) is 0 Å². The number of amides is 1. The summed E-state index contributed by atoms with van der Waals surface area (Å²) in [5.41, 5.74) is 6.06. The molecule has 0 aromatic heterocycles. The Morgan fingerprint density at radius 2 is 1.85 bits per heavy atom. The molecule has 2 aromatic rings. The van der Waals surface area contributed by atoms with Crippen LogP contribution in [0.2, 0.25) is 0 Å². The summed E-state index contributed by atoms with van der Waals surface area (Å²) in [7, 11) is 1.52. The van der Waals surface area contributed by atoms with Gasteiger partial charge in [0.15, 0.2) is 16.6 Å². The van der Waals surface area contributed by atoms with Crippen LogP contribution in [0, 0.1) is 5.82 Å². The third-order valence-electron chi connectivity index (χ3n) is 3.57. The number of hydrogen-bond acceptors (Lipinski definition) is 4. The van der Waals surface area contributed by atoms with E-state index in [0.29, 0.717) is 29.4 Å². The summed E-state index contributed by atoms with van der Waals surface area (Å²) in [6.07, 6.45) is 1.97. The van der Waals surface area contributed by atoms with E-state index in [2.05, 4.69) is 23.1 Å². The molecule has 144 valence electrons. The van der Waals surface area contributed by atoms with Crippen LogP contribution in [0.5, 0.6) is 11.5 Å². The molecule has 0 heterocycles. The van der Waals surface area contributed by atoms with Crippen molar-refractivity contribution in [1.29, 1.82) is 0 Å². The topological polar surface area (TPSA) is 71.6 Å². The van der Waals surface area contributed by atoms with Gasteiger partial charge in [0.25, 0.3) is 5.91 Å². The number of unbranched alkanes of at least 4 members (excludes halogenated alkanes) is 1. The summed E-state index contributed by atoms with van der Waals surface area (Å²) in [5.74, 6) is 0.329. The SMILES string of the molecule is CCCCOc1ccc(C(=O)NNC(=S)Nc2ccc(F)cc2)cc1OC. The summed E-state index contributed by atoms with van der Waals surface area (Å²) in [6, 6.07) is 10.6. The van der Waals surface area contributed by atoms with Gasteiger partial charge in [0.05, 0.1) is 13.7 Å². The maximum absolute atomic E-state index is 12.9.